The number of aromatic amines is 1. The molecule has 23 heavy (non-hydrogen) atoms. The summed E-state index contributed by atoms with van der Waals surface area (Å²) in [4.78, 5) is 16.2. The summed E-state index contributed by atoms with van der Waals surface area (Å²) in [6, 6.07) is 7.39. The number of carbonyl (C=O) groups is 1. The number of carbonyl (C=O) groups excluding carboxylic acids is 1. The third kappa shape index (κ3) is 3.20. The van der Waals surface area contributed by atoms with E-state index in [1.54, 1.807) is 13.0 Å². The number of hydrogen-bond acceptors (Lipinski definition) is 4. The summed E-state index contributed by atoms with van der Waals surface area (Å²) >= 11 is 12.5. The molecular weight excluding hydrogens is 339 g/mol. The maximum atomic E-state index is 12.3. The third-order valence-corrected chi connectivity index (χ3v) is 3.97. The van der Waals surface area contributed by atoms with E-state index in [2.05, 4.69) is 25.6 Å². The molecule has 1 aromatic carbocycles. The van der Waals surface area contributed by atoms with E-state index in [1.807, 2.05) is 18.2 Å². The van der Waals surface area contributed by atoms with Crippen molar-refractivity contribution in [2.45, 2.75) is 13.5 Å². The van der Waals surface area contributed by atoms with Crippen molar-refractivity contribution in [3.63, 3.8) is 0 Å². The van der Waals surface area contributed by atoms with E-state index in [9.17, 15) is 4.79 Å². The van der Waals surface area contributed by atoms with Crippen LogP contribution in [0.2, 0.25) is 10.2 Å². The number of anilines is 1. The lowest BCUT2D eigenvalue weighted by molar-refractivity contribution is 0.102. The van der Waals surface area contributed by atoms with Crippen LogP contribution in [0.5, 0.6) is 0 Å². The zero-order valence-electron chi connectivity index (χ0n) is 12.0. The van der Waals surface area contributed by atoms with Gasteiger partial charge in [0.25, 0.3) is 5.91 Å². The molecule has 7 nitrogen and oxygen atoms in total. The highest BCUT2D eigenvalue weighted by molar-refractivity contribution is 6.33. The van der Waals surface area contributed by atoms with Crippen LogP contribution in [0.1, 0.15) is 21.6 Å². The van der Waals surface area contributed by atoms with Gasteiger partial charge in [0.15, 0.2) is 0 Å². The van der Waals surface area contributed by atoms with Crippen molar-refractivity contribution in [3.8, 4) is 0 Å². The standard InChI is InChI=1S/C14H12Cl2N6O/c1-8-11(13(23)19-14-17-7-18-20-14)12(16)22(21-8)6-9-4-2-3-5-10(9)15/h2-5,7H,6H2,1H3,(H2,17,18,19,20,23). The molecule has 3 rings (SSSR count). The fraction of sp³-hybridized carbons (Fsp3) is 0.143. The van der Waals surface area contributed by atoms with Gasteiger partial charge in [-0.1, -0.05) is 41.4 Å². The Bertz CT molecular complexity index is 843. The summed E-state index contributed by atoms with van der Waals surface area (Å²) in [5.74, 6) is -0.168. The molecule has 3 aromatic rings. The Morgan fingerprint density at radius 2 is 2.13 bits per heavy atom. The number of H-pyrrole nitrogens is 1. The van der Waals surface area contributed by atoms with Gasteiger partial charge in [-0.15, -0.1) is 0 Å². The Hall–Kier alpha value is -2.38. The zero-order chi connectivity index (χ0) is 16.4. The molecule has 9 heteroatoms. The van der Waals surface area contributed by atoms with Gasteiger partial charge in [0.2, 0.25) is 5.95 Å². The highest BCUT2D eigenvalue weighted by atomic mass is 35.5. The van der Waals surface area contributed by atoms with E-state index in [1.165, 1.54) is 11.0 Å². The van der Waals surface area contributed by atoms with Gasteiger partial charge in [0.05, 0.1) is 17.8 Å². The minimum Gasteiger partial charge on any atom is -0.291 e. The molecule has 0 aliphatic rings. The lowest BCUT2D eigenvalue weighted by atomic mass is 10.2. The van der Waals surface area contributed by atoms with E-state index < -0.39 is 5.91 Å². The number of nitrogens with one attached hydrogen (secondary N) is 2. The quantitative estimate of drug-likeness (QED) is 0.756. The highest BCUT2D eigenvalue weighted by Crippen LogP contribution is 2.23. The van der Waals surface area contributed by atoms with Gasteiger partial charge in [0.1, 0.15) is 11.5 Å². The second kappa shape index (κ2) is 6.39. The van der Waals surface area contributed by atoms with Gasteiger partial charge < -0.3 is 0 Å². The Labute approximate surface area is 141 Å². The Morgan fingerprint density at radius 1 is 1.35 bits per heavy atom. The molecule has 0 unspecified atom stereocenters. The number of aromatic nitrogens is 5. The Morgan fingerprint density at radius 3 is 2.83 bits per heavy atom. The predicted octanol–water partition coefficient (Wildman–Crippen LogP) is 2.92. The summed E-state index contributed by atoms with van der Waals surface area (Å²) in [6.45, 7) is 2.08. The van der Waals surface area contributed by atoms with Gasteiger partial charge >= 0.3 is 0 Å². The largest absolute Gasteiger partial charge is 0.291 e. The summed E-state index contributed by atoms with van der Waals surface area (Å²) in [5, 5.41) is 14.0. The van der Waals surface area contributed by atoms with Crippen LogP contribution in [-0.2, 0) is 6.54 Å². The number of halogens is 2. The number of hydrogen-bond donors (Lipinski definition) is 2. The van der Waals surface area contributed by atoms with Crippen LogP contribution in [0.4, 0.5) is 5.95 Å². The second-order valence-electron chi connectivity index (χ2n) is 4.79. The summed E-state index contributed by atoms with van der Waals surface area (Å²) in [6.07, 6.45) is 1.30. The molecule has 0 bridgehead atoms. The zero-order valence-corrected chi connectivity index (χ0v) is 13.6. The van der Waals surface area contributed by atoms with Crippen LogP contribution in [0.3, 0.4) is 0 Å². The molecule has 1 amide bonds. The number of nitrogens with zero attached hydrogens (tertiary/aromatic N) is 4. The first-order valence-electron chi connectivity index (χ1n) is 6.69. The summed E-state index contributed by atoms with van der Waals surface area (Å²) in [7, 11) is 0. The predicted molar refractivity (Wildman–Crippen MR) is 86.9 cm³/mol. The first kappa shape index (κ1) is 15.5. The normalized spacial score (nSPS) is 10.7. The number of aryl methyl sites for hydroxylation is 1. The second-order valence-corrected chi connectivity index (χ2v) is 5.55. The van der Waals surface area contributed by atoms with Crippen LogP contribution in [0.15, 0.2) is 30.6 Å². The van der Waals surface area contributed by atoms with Crippen LogP contribution in [-0.4, -0.2) is 30.9 Å². The molecule has 0 fully saturated rings. The monoisotopic (exact) mass is 350 g/mol. The SMILES string of the molecule is Cc1nn(Cc2ccccc2Cl)c(Cl)c1C(=O)Nc1ncn[nH]1. The van der Waals surface area contributed by atoms with Crippen molar-refractivity contribution in [2.24, 2.45) is 0 Å². The summed E-state index contributed by atoms with van der Waals surface area (Å²) in [5.41, 5.74) is 1.66. The van der Waals surface area contributed by atoms with Crippen molar-refractivity contribution in [1.29, 1.82) is 0 Å². The molecule has 0 aliphatic carbocycles. The van der Waals surface area contributed by atoms with Crippen LogP contribution < -0.4 is 5.32 Å². The first-order chi connectivity index (χ1) is 11.1. The van der Waals surface area contributed by atoms with Crippen molar-refractivity contribution in [1.82, 2.24) is 25.0 Å². The van der Waals surface area contributed by atoms with Crippen molar-refractivity contribution in [2.75, 3.05) is 5.32 Å². The maximum absolute atomic E-state index is 12.3. The molecule has 0 atom stereocenters. The molecule has 0 spiro atoms. The fourth-order valence-electron chi connectivity index (χ4n) is 2.14. The van der Waals surface area contributed by atoms with E-state index in [0.717, 1.165) is 5.56 Å². The molecule has 2 N–H and O–H groups in total. The van der Waals surface area contributed by atoms with Gasteiger partial charge in [-0.05, 0) is 18.6 Å². The Kier molecular flexibility index (Phi) is 4.31. The van der Waals surface area contributed by atoms with Crippen molar-refractivity contribution < 1.29 is 4.79 Å². The van der Waals surface area contributed by atoms with Crippen LogP contribution >= 0.6 is 23.2 Å². The van der Waals surface area contributed by atoms with Crippen LogP contribution in [0.25, 0.3) is 0 Å². The average Bonchev–Trinajstić information content (AvgIpc) is 3.10. The van der Waals surface area contributed by atoms with E-state index in [0.29, 0.717) is 17.3 Å². The average molecular weight is 351 g/mol. The van der Waals surface area contributed by atoms with Gasteiger partial charge in [-0.3, -0.25) is 10.1 Å². The van der Waals surface area contributed by atoms with Gasteiger partial charge in [0, 0.05) is 5.02 Å². The minimum absolute atomic E-state index is 0.236. The molecule has 0 saturated heterocycles. The Balaban J connectivity index is 1.87. The van der Waals surface area contributed by atoms with Gasteiger partial charge in [-0.2, -0.15) is 15.2 Å². The summed E-state index contributed by atoms with van der Waals surface area (Å²) < 4.78 is 1.54. The molecule has 2 heterocycles. The van der Waals surface area contributed by atoms with Crippen molar-refractivity contribution >= 4 is 35.1 Å². The van der Waals surface area contributed by atoms with E-state index in [-0.39, 0.29) is 16.7 Å². The van der Waals surface area contributed by atoms with Crippen molar-refractivity contribution in [3.05, 3.63) is 57.6 Å². The number of benzene rings is 1. The maximum Gasteiger partial charge on any atom is 0.263 e. The molecule has 0 aliphatic heterocycles. The van der Waals surface area contributed by atoms with E-state index >= 15 is 0 Å². The first-order valence-corrected chi connectivity index (χ1v) is 7.45. The van der Waals surface area contributed by atoms with E-state index in [4.69, 9.17) is 23.2 Å². The molecule has 2 aromatic heterocycles. The number of amides is 1. The third-order valence-electron chi connectivity index (χ3n) is 3.22. The fourth-order valence-corrected chi connectivity index (χ4v) is 2.66. The smallest absolute Gasteiger partial charge is 0.263 e. The lowest BCUT2D eigenvalue weighted by Gasteiger charge is -2.06. The van der Waals surface area contributed by atoms with Crippen LogP contribution in [0, 0.1) is 6.92 Å². The van der Waals surface area contributed by atoms with Gasteiger partial charge in [-0.25, -0.2) is 9.78 Å². The topological polar surface area (TPSA) is 88.5 Å². The lowest BCUT2D eigenvalue weighted by Crippen LogP contribution is -2.14. The number of rotatable bonds is 4. The molecule has 0 radical (unpaired) electrons. The minimum atomic E-state index is -0.408. The highest BCUT2D eigenvalue weighted by Gasteiger charge is 2.21. The molecule has 0 saturated carbocycles. The molecular formula is C14H12Cl2N6O. The molecule has 118 valence electrons.